The Bertz CT molecular complexity index is 1060. The molecule has 0 saturated heterocycles. The van der Waals surface area contributed by atoms with E-state index in [0.29, 0.717) is 29.9 Å². The monoisotopic (exact) mass is 430 g/mol. The number of aryl methyl sites for hydroxylation is 1. The summed E-state index contributed by atoms with van der Waals surface area (Å²) in [5, 5.41) is 14.9. The van der Waals surface area contributed by atoms with Crippen LogP contribution in [0.25, 0.3) is 0 Å². The lowest BCUT2D eigenvalue weighted by molar-refractivity contribution is -0.384. The summed E-state index contributed by atoms with van der Waals surface area (Å²) < 4.78 is 5.70. The molecule has 1 aromatic heterocycles. The molecule has 0 unspecified atom stereocenters. The predicted molar refractivity (Wildman–Crippen MR) is 111 cm³/mol. The first-order valence-corrected chi connectivity index (χ1v) is 9.28. The van der Waals surface area contributed by atoms with Gasteiger partial charge in [0.2, 0.25) is 0 Å². The average Bonchev–Trinajstić information content (AvgIpc) is 3.07. The third-order valence-electron chi connectivity index (χ3n) is 4.46. The molecule has 0 bridgehead atoms. The van der Waals surface area contributed by atoms with Crippen LogP contribution in [0, 0.1) is 17.0 Å². The van der Waals surface area contributed by atoms with Crippen LogP contribution in [0.4, 0.5) is 5.69 Å². The number of amides is 2. The highest BCUT2D eigenvalue weighted by Crippen LogP contribution is 2.29. The topological polar surface area (TPSA) is 165 Å². The lowest BCUT2D eigenvalue weighted by atomic mass is 9.93. The summed E-state index contributed by atoms with van der Waals surface area (Å²) in [6, 6.07) is 4.97. The second kappa shape index (κ2) is 8.69. The fraction of sp³-hybridized carbons (Fsp3) is 0.222. The molecule has 1 aromatic carbocycles. The third-order valence-corrected chi connectivity index (χ3v) is 4.55. The van der Waals surface area contributed by atoms with Gasteiger partial charge in [0.25, 0.3) is 11.6 Å². The largest absolute Gasteiger partial charge is 0.455 e. The van der Waals surface area contributed by atoms with Crippen molar-refractivity contribution in [1.82, 2.24) is 16.3 Å². The van der Waals surface area contributed by atoms with Crippen molar-refractivity contribution < 1.29 is 18.9 Å². The van der Waals surface area contributed by atoms with E-state index in [-0.39, 0.29) is 22.1 Å². The van der Waals surface area contributed by atoms with Gasteiger partial charge in [0.15, 0.2) is 10.9 Å². The highest BCUT2D eigenvalue weighted by Gasteiger charge is 2.28. The number of hydrazine groups is 1. The first-order valence-electron chi connectivity index (χ1n) is 8.87. The van der Waals surface area contributed by atoms with E-state index in [9.17, 15) is 19.7 Å². The Morgan fingerprint density at radius 1 is 1.20 bits per heavy atom. The smallest absolute Gasteiger partial charge is 0.305 e. The van der Waals surface area contributed by atoms with Gasteiger partial charge in [-0.15, -0.1) is 0 Å². The lowest BCUT2D eigenvalue weighted by Crippen LogP contribution is -2.41. The summed E-state index contributed by atoms with van der Waals surface area (Å²) in [5.41, 5.74) is 14.5. The quantitative estimate of drug-likeness (QED) is 0.321. The highest BCUT2D eigenvalue weighted by molar-refractivity contribution is 7.80. The molecule has 11 nitrogen and oxygen atoms in total. The zero-order valence-corrected chi connectivity index (χ0v) is 16.7. The molecule has 12 heteroatoms. The molecule has 0 radical (unpaired) electrons. The maximum absolute atomic E-state index is 12.5. The molecule has 1 aliphatic rings. The Balaban J connectivity index is 1.72. The molecule has 1 aliphatic carbocycles. The Hall–Kier alpha value is -3.80. The van der Waals surface area contributed by atoms with Crippen LogP contribution in [0.15, 0.2) is 33.8 Å². The van der Waals surface area contributed by atoms with Gasteiger partial charge < -0.3 is 10.2 Å². The van der Waals surface area contributed by atoms with Crippen LogP contribution in [0.2, 0.25) is 0 Å². The van der Waals surface area contributed by atoms with Crippen molar-refractivity contribution in [2.75, 3.05) is 0 Å². The molecule has 0 fully saturated rings. The van der Waals surface area contributed by atoms with Gasteiger partial charge in [-0.05, 0) is 44.1 Å². The number of thiocarbonyl (C=S) groups is 1. The summed E-state index contributed by atoms with van der Waals surface area (Å²) in [6.45, 7) is 1.72. The van der Waals surface area contributed by atoms with Crippen molar-refractivity contribution in [3.63, 3.8) is 0 Å². The van der Waals surface area contributed by atoms with Crippen LogP contribution in [-0.4, -0.2) is 27.6 Å². The van der Waals surface area contributed by atoms with Crippen LogP contribution in [0.1, 0.15) is 50.6 Å². The maximum atomic E-state index is 12.5. The van der Waals surface area contributed by atoms with E-state index in [0.717, 1.165) is 12.0 Å². The third kappa shape index (κ3) is 4.43. The first kappa shape index (κ1) is 20.9. The van der Waals surface area contributed by atoms with E-state index in [1.807, 2.05) is 0 Å². The fourth-order valence-electron chi connectivity index (χ4n) is 3.10. The molecule has 156 valence electrons. The first-order chi connectivity index (χ1) is 14.3. The zero-order valence-electron chi connectivity index (χ0n) is 15.9. The van der Waals surface area contributed by atoms with Gasteiger partial charge in [-0.25, -0.2) is 0 Å². The van der Waals surface area contributed by atoms with E-state index in [4.69, 9.17) is 22.4 Å². The second-order valence-corrected chi connectivity index (χ2v) is 6.89. The summed E-state index contributed by atoms with van der Waals surface area (Å²) in [5.74, 6) is -0.600. The van der Waals surface area contributed by atoms with Crippen LogP contribution in [0.5, 0.6) is 0 Å². The van der Waals surface area contributed by atoms with Gasteiger partial charge in [-0.2, -0.15) is 5.10 Å². The van der Waals surface area contributed by atoms with Gasteiger partial charge in [-0.1, -0.05) is 0 Å². The van der Waals surface area contributed by atoms with E-state index in [1.165, 1.54) is 24.3 Å². The van der Waals surface area contributed by atoms with Crippen molar-refractivity contribution in [3.8, 4) is 0 Å². The number of nitrogens with one attached hydrogen (secondary N) is 3. The van der Waals surface area contributed by atoms with Crippen molar-refractivity contribution >= 4 is 40.5 Å². The van der Waals surface area contributed by atoms with Crippen LogP contribution in [0.3, 0.4) is 0 Å². The number of fused-ring (bicyclic) bond motifs is 1. The van der Waals surface area contributed by atoms with Crippen LogP contribution < -0.4 is 22.0 Å². The van der Waals surface area contributed by atoms with E-state index in [2.05, 4.69) is 21.4 Å². The van der Waals surface area contributed by atoms with Gasteiger partial charge in [0.05, 0.1) is 10.6 Å². The predicted octanol–water partition coefficient (Wildman–Crippen LogP) is 1.44. The summed E-state index contributed by atoms with van der Waals surface area (Å²) in [4.78, 5) is 34.8. The lowest BCUT2D eigenvalue weighted by Gasteiger charge is -2.13. The molecular weight excluding hydrogens is 412 g/mol. The SMILES string of the molecule is Cc1c(C(=O)NNC(=O)c2ccc([N+](=O)[O-])cc2)oc2c1/C(=N/NC(N)=S)CCC2. The number of hydrogen-bond acceptors (Lipinski definition) is 7. The van der Waals surface area contributed by atoms with Crippen LogP contribution in [-0.2, 0) is 6.42 Å². The molecule has 3 rings (SSSR count). The average molecular weight is 430 g/mol. The number of non-ortho nitro benzene ring substituents is 1. The van der Waals surface area contributed by atoms with E-state index >= 15 is 0 Å². The van der Waals surface area contributed by atoms with Crippen molar-refractivity contribution in [2.24, 2.45) is 10.8 Å². The minimum absolute atomic E-state index is 0.0303. The molecule has 0 saturated carbocycles. The standard InChI is InChI=1S/C18H18N6O5S/c1-9-14-12(20-23-18(19)30)3-2-4-13(14)29-15(9)17(26)22-21-16(25)10-5-7-11(8-6-10)24(27)28/h5-8H,2-4H2,1H3,(H,21,25)(H,22,26)(H3,19,23,30)/b20-12+. The molecule has 5 N–H and O–H groups in total. The molecular formula is C18H18N6O5S. The van der Waals surface area contributed by atoms with Gasteiger partial charge in [0, 0.05) is 35.2 Å². The fourth-order valence-corrected chi connectivity index (χ4v) is 3.14. The summed E-state index contributed by atoms with van der Waals surface area (Å²) in [7, 11) is 0. The Kier molecular flexibility index (Phi) is 6.06. The van der Waals surface area contributed by atoms with Gasteiger partial charge in [0.1, 0.15) is 5.76 Å². The number of nitrogens with two attached hydrogens (primary N) is 1. The molecule has 0 aliphatic heterocycles. The Labute approximate surface area is 175 Å². The number of carbonyl (C=O) groups is 2. The van der Waals surface area contributed by atoms with Crippen molar-refractivity contribution in [3.05, 3.63) is 62.6 Å². The number of nitro benzene ring substituents is 1. The Morgan fingerprint density at radius 3 is 2.50 bits per heavy atom. The van der Waals surface area contributed by atoms with Crippen LogP contribution >= 0.6 is 12.2 Å². The van der Waals surface area contributed by atoms with Crippen molar-refractivity contribution in [2.45, 2.75) is 26.2 Å². The Morgan fingerprint density at radius 2 is 1.87 bits per heavy atom. The second-order valence-electron chi connectivity index (χ2n) is 6.45. The number of benzene rings is 1. The minimum Gasteiger partial charge on any atom is -0.455 e. The van der Waals surface area contributed by atoms with Gasteiger partial charge in [-0.3, -0.25) is 36.0 Å². The number of hydrazone groups is 1. The van der Waals surface area contributed by atoms with Gasteiger partial charge >= 0.3 is 5.91 Å². The zero-order chi connectivity index (χ0) is 21.8. The maximum Gasteiger partial charge on any atom is 0.305 e. The molecule has 0 atom stereocenters. The van der Waals surface area contributed by atoms with E-state index in [1.54, 1.807) is 6.92 Å². The summed E-state index contributed by atoms with van der Waals surface area (Å²) >= 11 is 4.76. The normalized spacial score (nSPS) is 14.0. The molecule has 2 aromatic rings. The summed E-state index contributed by atoms with van der Waals surface area (Å²) in [6.07, 6.45) is 2.10. The number of hydrogen-bond donors (Lipinski definition) is 4. The number of nitrogens with zero attached hydrogens (tertiary/aromatic N) is 2. The molecule has 2 amide bonds. The van der Waals surface area contributed by atoms with Crippen molar-refractivity contribution in [1.29, 1.82) is 0 Å². The molecule has 0 spiro atoms. The number of rotatable bonds is 4. The highest BCUT2D eigenvalue weighted by atomic mass is 32.1. The van der Waals surface area contributed by atoms with E-state index < -0.39 is 16.7 Å². The number of furan rings is 1. The minimum atomic E-state index is -0.640. The number of nitro groups is 1. The molecule has 30 heavy (non-hydrogen) atoms. The number of carbonyl (C=O) groups excluding carboxylic acids is 2. The molecule has 1 heterocycles.